The molecule has 39 heavy (non-hydrogen) atoms. The number of amides is 4. The summed E-state index contributed by atoms with van der Waals surface area (Å²) in [7, 11) is 1.28. The highest BCUT2D eigenvalue weighted by Crippen LogP contribution is 2.43. The van der Waals surface area contributed by atoms with Crippen LogP contribution in [-0.2, 0) is 15.1 Å². The number of carboxylic acid groups (broad SMARTS) is 1. The smallest absolute Gasteiger partial charge is 0.412 e. The number of nitrogens with one attached hydrogen (secondary N) is 2. The number of fused-ring (bicyclic) bond motifs is 2. The van der Waals surface area contributed by atoms with Crippen molar-refractivity contribution < 1.29 is 42.2 Å². The largest absolute Gasteiger partial charge is 0.465 e. The lowest BCUT2D eigenvalue weighted by atomic mass is 9.83. The average Bonchev–Trinajstić information content (AvgIpc) is 2.87. The maximum Gasteiger partial charge on any atom is 0.412 e. The SMILES string of the molecule is CN(C(=O)O)c1ccc(C(=O)N[C@@H](CC(F)(F)F)C(=O)N2CCC[C@@]3(C2)OC(=O)Nc2ccc(Cl)cc23)cc1. The molecule has 0 radical (unpaired) electrons. The predicted molar refractivity (Wildman–Crippen MR) is 134 cm³/mol. The number of carbonyl (C=O) groups is 4. The van der Waals surface area contributed by atoms with E-state index in [1.54, 1.807) is 18.2 Å². The van der Waals surface area contributed by atoms with Crippen LogP contribution in [0.25, 0.3) is 0 Å². The highest BCUT2D eigenvalue weighted by Gasteiger charge is 2.48. The second-order valence-electron chi connectivity index (χ2n) is 9.30. The molecule has 2 heterocycles. The van der Waals surface area contributed by atoms with Crippen LogP contribution in [-0.4, -0.2) is 66.4 Å². The zero-order chi connectivity index (χ0) is 28.5. The zero-order valence-electron chi connectivity index (χ0n) is 20.5. The van der Waals surface area contributed by atoms with Gasteiger partial charge in [0.15, 0.2) is 5.60 Å². The van der Waals surface area contributed by atoms with Gasteiger partial charge in [-0.1, -0.05) is 11.6 Å². The topological polar surface area (TPSA) is 128 Å². The van der Waals surface area contributed by atoms with Crippen molar-refractivity contribution in [3.63, 3.8) is 0 Å². The first-order valence-electron chi connectivity index (χ1n) is 11.8. The van der Waals surface area contributed by atoms with Gasteiger partial charge >= 0.3 is 18.4 Å². The molecule has 10 nitrogen and oxygen atoms in total. The van der Waals surface area contributed by atoms with Gasteiger partial charge < -0.3 is 20.1 Å². The van der Waals surface area contributed by atoms with E-state index in [9.17, 15) is 32.3 Å². The van der Waals surface area contributed by atoms with Crippen molar-refractivity contribution in [2.75, 3.05) is 30.4 Å². The van der Waals surface area contributed by atoms with Crippen molar-refractivity contribution in [1.29, 1.82) is 0 Å². The minimum Gasteiger partial charge on any atom is -0.465 e. The number of likely N-dealkylation sites (tertiary alicyclic amines) is 1. The Bertz CT molecular complexity index is 1310. The predicted octanol–water partition coefficient (Wildman–Crippen LogP) is 4.59. The number of hydrogen-bond donors (Lipinski definition) is 3. The molecule has 0 aliphatic carbocycles. The van der Waals surface area contributed by atoms with Gasteiger partial charge in [-0.2, -0.15) is 13.2 Å². The fourth-order valence-electron chi connectivity index (χ4n) is 4.72. The highest BCUT2D eigenvalue weighted by atomic mass is 35.5. The Kier molecular flexibility index (Phi) is 7.64. The summed E-state index contributed by atoms with van der Waals surface area (Å²) < 4.78 is 46.0. The van der Waals surface area contributed by atoms with Crippen LogP contribution in [0.1, 0.15) is 35.2 Å². The number of anilines is 2. The van der Waals surface area contributed by atoms with Crippen molar-refractivity contribution in [2.45, 2.75) is 37.1 Å². The number of nitrogens with zero attached hydrogens (tertiary/aromatic N) is 2. The Morgan fingerprint density at radius 2 is 1.92 bits per heavy atom. The van der Waals surface area contributed by atoms with E-state index >= 15 is 0 Å². The number of benzene rings is 2. The van der Waals surface area contributed by atoms with Crippen LogP contribution in [0, 0.1) is 0 Å². The van der Waals surface area contributed by atoms with E-state index in [0.717, 1.165) is 9.80 Å². The molecule has 208 valence electrons. The standard InChI is InChI=1S/C25H24ClF3N4O6/c1-32(23(37)38)16-6-3-14(4-7-16)20(34)30-19(12-25(27,28)29)21(35)33-10-2-9-24(13-33)17-11-15(26)5-8-18(17)31-22(36)39-24/h3-8,11,19H,2,9-10,12-13H2,1H3,(H,30,34)(H,31,36)(H,37,38)/t19-,24-/m0/s1. The molecule has 0 saturated carbocycles. The second kappa shape index (κ2) is 10.6. The molecule has 2 aromatic carbocycles. The molecule has 2 aliphatic heterocycles. The van der Waals surface area contributed by atoms with Gasteiger partial charge in [0.1, 0.15) is 6.04 Å². The maximum absolute atomic E-state index is 13.5. The summed E-state index contributed by atoms with van der Waals surface area (Å²) in [4.78, 5) is 51.6. The molecule has 4 amide bonds. The summed E-state index contributed by atoms with van der Waals surface area (Å²) in [6, 6.07) is 7.86. The van der Waals surface area contributed by atoms with E-state index in [2.05, 4.69) is 10.6 Å². The molecule has 0 aromatic heterocycles. The molecule has 0 unspecified atom stereocenters. The fraction of sp³-hybridized carbons (Fsp3) is 0.360. The Labute approximate surface area is 225 Å². The number of halogens is 4. The highest BCUT2D eigenvalue weighted by molar-refractivity contribution is 6.30. The normalized spacial score (nSPS) is 19.4. The third-order valence-electron chi connectivity index (χ3n) is 6.61. The number of carbonyl (C=O) groups excluding carboxylic acids is 3. The molecule has 1 fully saturated rings. The second-order valence-corrected chi connectivity index (χ2v) is 9.73. The van der Waals surface area contributed by atoms with E-state index in [1.807, 2.05) is 0 Å². The van der Waals surface area contributed by atoms with Crippen molar-refractivity contribution in [3.8, 4) is 0 Å². The molecular formula is C25H24ClF3N4O6. The van der Waals surface area contributed by atoms with E-state index in [-0.39, 0.29) is 24.3 Å². The van der Waals surface area contributed by atoms with Crippen molar-refractivity contribution in [1.82, 2.24) is 10.2 Å². The van der Waals surface area contributed by atoms with Crippen LogP contribution in [0.3, 0.4) is 0 Å². The Morgan fingerprint density at radius 3 is 2.56 bits per heavy atom. The molecule has 1 spiro atoms. The van der Waals surface area contributed by atoms with E-state index < -0.39 is 48.2 Å². The molecule has 14 heteroatoms. The third kappa shape index (κ3) is 6.19. The van der Waals surface area contributed by atoms with Gasteiger partial charge in [-0.25, -0.2) is 9.59 Å². The Balaban J connectivity index is 1.57. The Morgan fingerprint density at radius 1 is 1.23 bits per heavy atom. The lowest BCUT2D eigenvalue weighted by molar-refractivity contribution is -0.157. The molecule has 2 aromatic rings. The molecule has 0 bridgehead atoms. The molecule has 4 rings (SSSR count). The van der Waals surface area contributed by atoms with Crippen LogP contribution in [0.4, 0.5) is 34.1 Å². The molecular weight excluding hydrogens is 545 g/mol. The first kappa shape index (κ1) is 28.0. The van der Waals surface area contributed by atoms with Crippen molar-refractivity contribution in [2.24, 2.45) is 0 Å². The summed E-state index contributed by atoms with van der Waals surface area (Å²) >= 11 is 6.14. The molecule has 3 N–H and O–H groups in total. The first-order valence-corrected chi connectivity index (χ1v) is 12.2. The van der Waals surface area contributed by atoms with Crippen molar-refractivity contribution in [3.05, 3.63) is 58.6 Å². The number of piperidine rings is 1. The van der Waals surface area contributed by atoms with Crippen LogP contribution >= 0.6 is 11.6 Å². The van der Waals surface area contributed by atoms with Gasteiger partial charge in [0.25, 0.3) is 5.91 Å². The van der Waals surface area contributed by atoms with Gasteiger partial charge in [-0.3, -0.25) is 19.8 Å². The summed E-state index contributed by atoms with van der Waals surface area (Å²) in [5.74, 6) is -1.93. The lowest BCUT2D eigenvalue weighted by Crippen LogP contribution is -2.57. The van der Waals surface area contributed by atoms with Crippen LogP contribution in [0.15, 0.2) is 42.5 Å². The minimum atomic E-state index is -4.78. The van der Waals surface area contributed by atoms with Gasteiger partial charge in [0.05, 0.1) is 18.7 Å². The third-order valence-corrected chi connectivity index (χ3v) is 6.84. The maximum atomic E-state index is 13.5. The monoisotopic (exact) mass is 568 g/mol. The van der Waals surface area contributed by atoms with Gasteiger partial charge in [-0.15, -0.1) is 0 Å². The summed E-state index contributed by atoms with van der Waals surface area (Å²) in [5.41, 5.74) is -0.243. The van der Waals surface area contributed by atoms with Gasteiger partial charge in [-0.05, 0) is 55.3 Å². The summed E-state index contributed by atoms with van der Waals surface area (Å²) in [6.07, 6.45) is -7.79. The number of alkyl halides is 3. The summed E-state index contributed by atoms with van der Waals surface area (Å²) in [5, 5.41) is 14.1. The number of hydrogen-bond acceptors (Lipinski definition) is 5. The van der Waals surface area contributed by atoms with E-state index in [1.165, 1.54) is 31.3 Å². The Hall–Kier alpha value is -4.00. The number of ether oxygens (including phenoxy) is 1. The fourth-order valence-corrected chi connectivity index (χ4v) is 4.90. The van der Waals surface area contributed by atoms with Gasteiger partial charge in [0, 0.05) is 35.4 Å². The zero-order valence-corrected chi connectivity index (χ0v) is 21.3. The first-order chi connectivity index (χ1) is 18.3. The molecule has 2 atom stereocenters. The molecule has 1 saturated heterocycles. The quantitative estimate of drug-likeness (QED) is 0.484. The van der Waals surface area contributed by atoms with Crippen LogP contribution < -0.4 is 15.5 Å². The van der Waals surface area contributed by atoms with E-state index in [4.69, 9.17) is 21.4 Å². The van der Waals surface area contributed by atoms with E-state index in [0.29, 0.717) is 29.1 Å². The van der Waals surface area contributed by atoms with Crippen LogP contribution in [0.2, 0.25) is 5.02 Å². The van der Waals surface area contributed by atoms with Crippen LogP contribution in [0.5, 0.6) is 0 Å². The summed E-state index contributed by atoms with van der Waals surface area (Å²) in [6.45, 7) is -0.144. The average molecular weight is 569 g/mol. The number of rotatable bonds is 5. The van der Waals surface area contributed by atoms with Crippen molar-refractivity contribution >= 4 is 47.0 Å². The molecule has 2 aliphatic rings. The lowest BCUT2D eigenvalue weighted by Gasteiger charge is -2.45. The van der Waals surface area contributed by atoms with Gasteiger partial charge in [0.2, 0.25) is 5.91 Å². The minimum absolute atomic E-state index is 0.0662.